The van der Waals surface area contributed by atoms with E-state index in [0.717, 1.165) is 27.4 Å². The number of esters is 1. The summed E-state index contributed by atoms with van der Waals surface area (Å²) in [5, 5.41) is 13.9. The van der Waals surface area contributed by atoms with E-state index in [4.69, 9.17) is 10.5 Å². The number of hydrogen-bond donors (Lipinski definition) is 3. The number of ether oxygens (including phenoxy) is 1. The summed E-state index contributed by atoms with van der Waals surface area (Å²) < 4.78 is 6.20. The molecule has 41 heavy (non-hydrogen) atoms. The predicted octanol–water partition coefficient (Wildman–Crippen LogP) is 3.04. The van der Waals surface area contributed by atoms with Crippen molar-refractivity contribution in [1.29, 1.82) is 0 Å². The maximum absolute atomic E-state index is 14.0. The first-order valence-electron chi connectivity index (χ1n) is 13.2. The summed E-state index contributed by atoms with van der Waals surface area (Å²) in [6.45, 7) is 3.56. The van der Waals surface area contributed by atoms with Gasteiger partial charge in [0.25, 0.3) is 0 Å². The van der Waals surface area contributed by atoms with Crippen LogP contribution in [0.25, 0.3) is 0 Å². The maximum Gasteiger partial charge on any atom is 0.356 e. The molecular weight excluding hydrogens is 560 g/mol. The molecule has 1 saturated heterocycles. The molecule has 0 spiro atoms. The van der Waals surface area contributed by atoms with E-state index < -0.39 is 24.3 Å². The van der Waals surface area contributed by atoms with Crippen LogP contribution >= 0.6 is 23.5 Å². The highest BCUT2D eigenvalue weighted by molar-refractivity contribution is 8.03. The van der Waals surface area contributed by atoms with Crippen molar-refractivity contribution in [2.45, 2.75) is 37.6 Å². The van der Waals surface area contributed by atoms with E-state index in [9.17, 15) is 14.7 Å². The number of allylic oxidation sites excluding steroid dienone is 1. The van der Waals surface area contributed by atoms with Crippen molar-refractivity contribution in [3.8, 4) is 0 Å². The van der Waals surface area contributed by atoms with Crippen molar-refractivity contribution >= 4 is 41.1 Å². The third kappa shape index (κ3) is 5.29. The second kappa shape index (κ2) is 11.4. The van der Waals surface area contributed by atoms with Crippen LogP contribution in [0, 0.1) is 0 Å². The number of aliphatic imine (C=N–C) groups is 1. The predicted molar refractivity (Wildman–Crippen MR) is 159 cm³/mol. The number of aliphatic hydroxyl groups excluding tert-OH is 1. The van der Waals surface area contributed by atoms with Crippen molar-refractivity contribution in [2.75, 3.05) is 11.5 Å². The van der Waals surface area contributed by atoms with Crippen LogP contribution in [0.2, 0.25) is 0 Å². The molecule has 10 nitrogen and oxygen atoms in total. The molecule has 2 aromatic rings. The molecule has 4 aliphatic heterocycles. The molecular formula is C29H30N6O4S2. The summed E-state index contributed by atoms with van der Waals surface area (Å²) in [5.41, 5.74) is 12.8. The van der Waals surface area contributed by atoms with Crippen LogP contribution in [0.3, 0.4) is 0 Å². The van der Waals surface area contributed by atoms with E-state index >= 15 is 0 Å². The zero-order chi connectivity index (χ0) is 28.7. The summed E-state index contributed by atoms with van der Waals surface area (Å²) in [6.07, 6.45) is 2.27. The number of amides is 1. The third-order valence-corrected chi connectivity index (χ3v) is 9.50. The fraction of sp³-hybridized carbons (Fsp3) is 0.276. The number of rotatable bonds is 8. The zero-order valence-corrected chi connectivity index (χ0v) is 24.1. The lowest BCUT2D eigenvalue weighted by Gasteiger charge is -2.48. The number of fused-ring (bicyclic) bond motifs is 2. The largest absolute Gasteiger partial charge is 0.448 e. The summed E-state index contributed by atoms with van der Waals surface area (Å²) in [5.74, 6) is 0.782. The van der Waals surface area contributed by atoms with Crippen LogP contribution in [0.4, 0.5) is 0 Å². The molecule has 0 radical (unpaired) electrons. The van der Waals surface area contributed by atoms with E-state index in [-0.39, 0.29) is 17.0 Å². The van der Waals surface area contributed by atoms with Gasteiger partial charge in [-0.05, 0) is 36.6 Å². The Hall–Kier alpha value is -3.55. The number of β-lactam (4-membered cyclic amide) rings is 1. The van der Waals surface area contributed by atoms with Crippen molar-refractivity contribution in [2.24, 2.45) is 10.7 Å². The van der Waals surface area contributed by atoms with E-state index in [2.05, 4.69) is 10.5 Å². The summed E-state index contributed by atoms with van der Waals surface area (Å²) in [4.78, 5) is 33.0. The zero-order valence-electron chi connectivity index (χ0n) is 22.5. The third-order valence-electron chi connectivity index (χ3n) is 7.05. The molecule has 212 valence electrons. The molecule has 4 heterocycles. The molecule has 1 fully saturated rings. The van der Waals surface area contributed by atoms with Crippen molar-refractivity contribution in [1.82, 2.24) is 20.5 Å². The van der Waals surface area contributed by atoms with Gasteiger partial charge in [-0.2, -0.15) is 0 Å². The lowest BCUT2D eigenvalue weighted by atomic mass is 10.0. The van der Waals surface area contributed by atoms with E-state index in [0.29, 0.717) is 17.3 Å². The van der Waals surface area contributed by atoms with Gasteiger partial charge in [-0.3, -0.25) is 14.7 Å². The number of carbonyl (C=O) groups excluding carboxylic acids is 2. The minimum Gasteiger partial charge on any atom is -0.448 e. The molecule has 2 unspecified atom stereocenters. The molecule has 0 aromatic heterocycles. The van der Waals surface area contributed by atoms with Crippen molar-refractivity contribution in [3.05, 3.63) is 106 Å². The number of nitrogens with zero attached hydrogens (tertiary/aromatic N) is 4. The topological polar surface area (TPSA) is 124 Å². The van der Waals surface area contributed by atoms with Crippen LogP contribution in [-0.4, -0.2) is 66.8 Å². The SMILES string of the molecule is CC1=NC2=CN(C(C)O)NN2C(SCC2=C(C(=O)OC(c3ccccc3)c3ccccc3)N3C(=O)C(N)[C@@H]3SC2)=C1. The van der Waals surface area contributed by atoms with E-state index in [1.54, 1.807) is 34.9 Å². The highest BCUT2D eigenvalue weighted by Crippen LogP contribution is 2.42. The van der Waals surface area contributed by atoms with E-state index in [1.165, 1.54) is 16.7 Å². The molecule has 0 bridgehead atoms. The van der Waals surface area contributed by atoms with Gasteiger partial charge < -0.3 is 15.6 Å². The molecule has 0 aliphatic carbocycles. The number of thioether (sulfide) groups is 2. The summed E-state index contributed by atoms with van der Waals surface area (Å²) >= 11 is 3.06. The smallest absolute Gasteiger partial charge is 0.356 e. The second-order valence-corrected chi connectivity index (χ2v) is 12.1. The number of hydrogen-bond acceptors (Lipinski definition) is 11. The molecule has 4 aliphatic rings. The number of aliphatic hydroxyl groups is 1. The lowest BCUT2D eigenvalue weighted by molar-refractivity contribution is -0.153. The van der Waals surface area contributed by atoms with Crippen molar-refractivity contribution < 1.29 is 19.4 Å². The molecule has 4 N–H and O–H groups in total. The number of hydrazine groups is 2. The highest BCUT2D eigenvalue weighted by Gasteiger charge is 2.52. The summed E-state index contributed by atoms with van der Waals surface area (Å²) in [6, 6.07) is 18.5. The van der Waals surface area contributed by atoms with Gasteiger partial charge >= 0.3 is 5.97 Å². The number of carbonyl (C=O) groups is 2. The van der Waals surface area contributed by atoms with Gasteiger partial charge in [-0.15, -0.1) is 29.1 Å². The van der Waals surface area contributed by atoms with Gasteiger partial charge in [0.05, 0.1) is 11.2 Å². The standard InChI is InChI=1S/C29H30N6O4S2/c1-17-13-23(35-22(31-17)14-33(32-35)18(2)36)40-15-21-16-41-28-24(30)27(37)34(28)25(21)29(38)39-26(19-9-5-3-6-10-19)20-11-7-4-8-12-20/h3-14,18,24,26,28,32,36H,15-16,30H2,1-2H3/t18?,24?,28-/m0/s1. The van der Waals surface area contributed by atoms with Crippen LogP contribution < -0.4 is 11.3 Å². The van der Waals surface area contributed by atoms with Gasteiger partial charge in [0, 0.05) is 17.2 Å². The van der Waals surface area contributed by atoms with E-state index in [1.807, 2.05) is 73.7 Å². The first kappa shape index (κ1) is 27.6. The molecule has 6 rings (SSSR count). The van der Waals surface area contributed by atoms with Gasteiger partial charge in [-0.1, -0.05) is 60.7 Å². The molecule has 0 saturated carbocycles. The average molecular weight is 591 g/mol. The molecule has 1 amide bonds. The van der Waals surface area contributed by atoms with Gasteiger partial charge in [-0.25, -0.2) is 14.8 Å². The molecule has 3 atom stereocenters. The Morgan fingerprint density at radius 3 is 2.49 bits per heavy atom. The van der Waals surface area contributed by atoms with Gasteiger partial charge in [0.2, 0.25) is 5.91 Å². The quantitative estimate of drug-likeness (QED) is 0.312. The normalized spacial score (nSPS) is 22.5. The number of benzene rings is 2. The Morgan fingerprint density at radius 2 is 1.85 bits per heavy atom. The Kier molecular flexibility index (Phi) is 7.66. The fourth-order valence-electron chi connectivity index (χ4n) is 4.96. The maximum atomic E-state index is 14.0. The monoisotopic (exact) mass is 590 g/mol. The Labute approximate surface area is 246 Å². The Morgan fingerprint density at radius 1 is 1.20 bits per heavy atom. The average Bonchev–Trinajstić information content (AvgIpc) is 3.43. The fourth-order valence-corrected chi connectivity index (χ4v) is 7.46. The van der Waals surface area contributed by atoms with Gasteiger partial charge in [0.15, 0.2) is 11.9 Å². The number of nitrogens with one attached hydrogen (secondary N) is 1. The minimum absolute atomic E-state index is 0.266. The Balaban J connectivity index is 1.29. The lowest BCUT2D eigenvalue weighted by Crippen LogP contribution is -2.68. The second-order valence-electron chi connectivity index (χ2n) is 9.98. The van der Waals surface area contributed by atoms with Crippen LogP contribution in [-0.2, 0) is 14.3 Å². The molecule has 12 heteroatoms. The first-order valence-corrected chi connectivity index (χ1v) is 15.2. The number of nitrogens with two attached hydrogens (primary N) is 1. The summed E-state index contributed by atoms with van der Waals surface area (Å²) in [7, 11) is 0. The van der Waals surface area contributed by atoms with Crippen LogP contribution in [0.15, 0.2) is 100 Å². The highest BCUT2D eigenvalue weighted by atomic mass is 32.2. The Bertz CT molecular complexity index is 1440. The van der Waals surface area contributed by atoms with Crippen LogP contribution in [0.1, 0.15) is 31.1 Å². The molecule has 2 aromatic carbocycles. The first-order chi connectivity index (χ1) is 19.8. The minimum atomic E-state index is -0.755. The van der Waals surface area contributed by atoms with Crippen molar-refractivity contribution in [3.63, 3.8) is 0 Å². The van der Waals surface area contributed by atoms with Crippen LogP contribution in [0.5, 0.6) is 0 Å². The van der Waals surface area contributed by atoms with Gasteiger partial charge in [0.1, 0.15) is 23.3 Å².